The summed E-state index contributed by atoms with van der Waals surface area (Å²) in [6.45, 7) is 2.03. The molecule has 0 aliphatic carbocycles. The van der Waals surface area contributed by atoms with Gasteiger partial charge in [0.05, 0.1) is 6.04 Å². The van der Waals surface area contributed by atoms with Gasteiger partial charge in [-0.1, -0.05) is 30.7 Å². The Bertz CT molecular complexity index is 540. The molecule has 1 unspecified atom stereocenters. The molecule has 1 heterocycles. The topological polar surface area (TPSA) is 42.0 Å². The zero-order valence-electron chi connectivity index (χ0n) is 10.6. The van der Waals surface area contributed by atoms with Crippen molar-refractivity contribution in [1.82, 2.24) is 10.3 Å². The number of nitrogens with one attached hydrogen (secondary N) is 1. The van der Waals surface area contributed by atoms with Crippen molar-refractivity contribution in [3.8, 4) is 0 Å². The lowest BCUT2D eigenvalue weighted by Gasteiger charge is -2.17. The lowest BCUT2D eigenvalue weighted by atomic mass is 10.0. The summed E-state index contributed by atoms with van der Waals surface area (Å²) >= 11 is 5.87. The van der Waals surface area contributed by atoms with Gasteiger partial charge in [-0.3, -0.25) is 9.78 Å². The van der Waals surface area contributed by atoms with Gasteiger partial charge in [0.15, 0.2) is 0 Å². The van der Waals surface area contributed by atoms with E-state index in [9.17, 15) is 4.79 Å². The van der Waals surface area contributed by atoms with Crippen molar-refractivity contribution in [3.05, 3.63) is 64.9 Å². The van der Waals surface area contributed by atoms with Crippen LogP contribution in [0.1, 0.15) is 35.3 Å². The first kappa shape index (κ1) is 13.6. The van der Waals surface area contributed by atoms with Crippen LogP contribution >= 0.6 is 11.6 Å². The molecule has 0 fully saturated rings. The largest absolute Gasteiger partial charge is 0.345 e. The first-order valence-corrected chi connectivity index (χ1v) is 6.55. The fraction of sp³-hybridized carbons (Fsp3) is 0.200. The van der Waals surface area contributed by atoms with E-state index >= 15 is 0 Å². The SMILES string of the molecule is CCC(NC(=O)c1ccncc1)c1ccc(Cl)cc1. The van der Waals surface area contributed by atoms with Crippen LogP contribution in [0.15, 0.2) is 48.8 Å². The molecule has 1 aromatic carbocycles. The number of halogens is 1. The fourth-order valence-corrected chi connectivity index (χ4v) is 1.99. The zero-order valence-corrected chi connectivity index (χ0v) is 11.4. The molecule has 98 valence electrons. The molecule has 3 nitrogen and oxygen atoms in total. The number of carbonyl (C=O) groups excluding carboxylic acids is 1. The van der Waals surface area contributed by atoms with Crippen LogP contribution in [0.5, 0.6) is 0 Å². The van der Waals surface area contributed by atoms with Gasteiger partial charge in [0.2, 0.25) is 0 Å². The predicted molar refractivity (Wildman–Crippen MR) is 76.2 cm³/mol. The molecule has 19 heavy (non-hydrogen) atoms. The standard InChI is InChI=1S/C15H15ClN2O/c1-2-14(11-3-5-13(16)6-4-11)18-15(19)12-7-9-17-10-8-12/h3-10,14H,2H2,1H3,(H,18,19). The summed E-state index contributed by atoms with van der Waals surface area (Å²) in [5.74, 6) is -0.0933. The Morgan fingerprint density at radius 2 is 1.84 bits per heavy atom. The molecule has 4 heteroatoms. The van der Waals surface area contributed by atoms with E-state index in [2.05, 4.69) is 10.3 Å². The number of hydrogen-bond acceptors (Lipinski definition) is 2. The minimum absolute atomic E-state index is 0.0158. The second kappa shape index (κ2) is 6.34. The van der Waals surface area contributed by atoms with Gasteiger partial charge in [0.25, 0.3) is 5.91 Å². The highest BCUT2D eigenvalue weighted by Gasteiger charge is 2.13. The number of hydrogen-bond donors (Lipinski definition) is 1. The Labute approximate surface area is 117 Å². The van der Waals surface area contributed by atoms with Crippen LogP contribution in [0.2, 0.25) is 5.02 Å². The van der Waals surface area contributed by atoms with Crippen LogP contribution in [-0.2, 0) is 0 Å². The van der Waals surface area contributed by atoms with Gasteiger partial charge in [-0.2, -0.15) is 0 Å². The summed E-state index contributed by atoms with van der Waals surface area (Å²) in [6, 6.07) is 10.9. The van der Waals surface area contributed by atoms with Gasteiger partial charge in [-0.05, 0) is 36.2 Å². The third-order valence-corrected chi connectivity index (χ3v) is 3.18. The van der Waals surface area contributed by atoms with E-state index in [1.165, 1.54) is 0 Å². The molecule has 2 rings (SSSR count). The first-order valence-electron chi connectivity index (χ1n) is 6.17. The maximum Gasteiger partial charge on any atom is 0.251 e. The average molecular weight is 275 g/mol. The van der Waals surface area contributed by atoms with E-state index < -0.39 is 0 Å². The van der Waals surface area contributed by atoms with Crippen molar-refractivity contribution in [2.45, 2.75) is 19.4 Å². The molecule has 0 spiro atoms. The molecular formula is C15H15ClN2O. The molecule has 2 aromatic rings. The quantitative estimate of drug-likeness (QED) is 0.925. The average Bonchev–Trinajstić information content (AvgIpc) is 2.46. The normalized spacial score (nSPS) is 11.9. The predicted octanol–water partition coefficient (Wildman–Crippen LogP) is 3.62. The number of carbonyl (C=O) groups is 1. The fourth-order valence-electron chi connectivity index (χ4n) is 1.86. The Kier molecular flexibility index (Phi) is 4.53. The van der Waals surface area contributed by atoms with Gasteiger partial charge in [0.1, 0.15) is 0 Å². The number of benzene rings is 1. The highest BCUT2D eigenvalue weighted by atomic mass is 35.5. The van der Waals surface area contributed by atoms with Crippen molar-refractivity contribution < 1.29 is 4.79 Å². The highest BCUT2D eigenvalue weighted by molar-refractivity contribution is 6.30. The summed E-state index contributed by atoms with van der Waals surface area (Å²) in [6.07, 6.45) is 4.04. The number of nitrogens with zero attached hydrogens (tertiary/aromatic N) is 1. The van der Waals surface area contributed by atoms with E-state index in [-0.39, 0.29) is 11.9 Å². The second-order valence-electron chi connectivity index (χ2n) is 4.22. The monoisotopic (exact) mass is 274 g/mol. The number of aromatic nitrogens is 1. The molecule has 0 saturated carbocycles. The lowest BCUT2D eigenvalue weighted by molar-refractivity contribution is 0.0935. The molecule has 0 radical (unpaired) electrons. The van der Waals surface area contributed by atoms with Crippen LogP contribution in [0, 0.1) is 0 Å². The number of pyridine rings is 1. The van der Waals surface area contributed by atoms with Gasteiger partial charge >= 0.3 is 0 Å². The molecule has 0 aliphatic heterocycles. The van der Waals surface area contributed by atoms with Gasteiger partial charge < -0.3 is 5.32 Å². The molecule has 1 atom stereocenters. The Balaban J connectivity index is 2.11. The summed E-state index contributed by atoms with van der Waals surface area (Å²) in [7, 11) is 0. The molecular weight excluding hydrogens is 260 g/mol. The van der Waals surface area contributed by atoms with Crippen molar-refractivity contribution in [2.24, 2.45) is 0 Å². The molecule has 1 amide bonds. The molecule has 0 saturated heterocycles. The van der Waals surface area contributed by atoms with Crippen LogP contribution in [0.3, 0.4) is 0 Å². The van der Waals surface area contributed by atoms with Crippen LogP contribution in [0.4, 0.5) is 0 Å². The number of rotatable bonds is 4. The summed E-state index contributed by atoms with van der Waals surface area (Å²) in [5.41, 5.74) is 1.66. The van der Waals surface area contributed by atoms with E-state index in [1.807, 2.05) is 31.2 Å². The summed E-state index contributed by atoms with van der Waals surface area (Å²) in [4.78, 5) is 16.0. The van der Waals surface area contributed by atoms with Gasteiger partial charge in [-0.25, -0.2) is 0 Å². The highest BCUT2D eigenvalue weighted by Crippen LogP contribution is 2.19. The van der Waals surface area contributed by atoms with Crippen LogP contribution in [-0.4, -0.2) is 10.9 Å². The molecule has 0 bridgehead atoms. The Hall–Kier alpha value is -1.87. The summed E-state index contributed by atoms with van der Waals surface area (Å²) in [5, 5.41) is 3.70. The van der Waals surface area contributed by atoms with Crippen molar-refractivity contribution >= 4 is 17.5 Å². The third-order valence-electron chi connectivity index (χ3n) is 2.93. The van der Waals surface area contributed by atoms with Crippen molar-refractivity contribution in [1.29, 1.82) is 0 Å². The molecule has 0 aliphatic rings. The smallest absolute Gasteiger partial charge is 0.251 e. The molecule has 1 aromatic heterocycles. The van der Waals surface area contributed by atoms with Crippen molar-refractivity contribution in [2.75, 3.05) is 0 Å². The van der Waals surface area contributed by atoms with Crippen molar-refractivity contribution in [3.63, 3.8) is 0 Å². The Morgan fingerprint density at radius 1 is 1.21 bits per heavy atom. The third kappa shape index (κ3) is 3.55. The van der Waals surface area contributed by atoms with E-state index in [0.29, 0.717) is 10.6 Å². The zero-order chi connectivity index (χ0) is 13.7. The summed E-state index contributed by atoms with van der Waals surface area (Å²) < 4.78 is 0. The van der Waals surface area contributed by atoms with Crippen LogP contribution < -0.4 is 5.32 Å². The van der Waals surface area contributed by atoms with Gasteiger partial charge in [-0.15, -0.1) is 0 Å². The minimum atomic E-state index is -0.0933. The first-order chi connectivity index (χ1) is 9.20. The minimum Gasteiger partial charge on any atom is -0.345 e. The van der Waals surface area contributed by atoms with E-state index in [0.717, 1.165) is 12.0 Å². The number of amides is 1. The van der Waals surface area contributed by atoms with Crippen LogP contribution in [0.25, 0.3) is 0 Å². The second-order valence-corrected chi connectivity index (χ2v) is 4.66. The van der Waals surface area contributed by atoms with E-state index in [1.54, 1.807) is 24.5 Å². The van der Waals surface area contributed by atoms with E-state index in [4.69, 9.17) is 11.6 Å². The lowest BCUT2D eigenvalue weighted by Crippen LogP contribution is -2.28. The maximum atomic E-state index is 12.1. The Morgan fingerprint density at radius 3 is 2.42 bits per heavy atom. The maximum absolute atomic E-state index is 12.1. The van der Waals surface area contributed by atoms with Gasteiger partial charge in [0, 0.05) is 23.0 Å². The molecule has 1 N–H and O–H groups in total.